The summed E-state index contributed by atoms with van der Waals surface area (Å²) in [7, 11) is 0. The third kappa shape index (κ3) is 4.08. The molecule has 0 spiro atoms. The van der Waals surface area contributed by atoms with Gasteiger partial charge < -0.3 is 15.2 Å². The lowest BCUT2D eigenvalue weighted by Gasteiger charge is -2.17. The van der Waals surface area contributed by atoms with Crippen LogP contribution in [0.4, 0.5) is 4.79 Å². The van der Waals surface area contributed by atoms with Crippen molar-refractivity contribution in [3.63, 3.8) is 0 Å². The van der Waals surface area contributed by atoms with Crippen molar-refractivity contribution in [3.8, 4) is 0 Å². The highest BCUT2D eigenvalue weighted by atomic mass is 16.5. The monoisotopic (exact) mass is 229 g/mol. The molecule has 1 fully saturated rings. The van der Waals surface area contributed by atoms with Crippen LogP contribution in [-0.2, 0) is 9.53 Å². The van der Waals surface area contributed by atoms with Gasteiger partial charge in [-0.3, -0.25) is 0 Å². The molecule has 1 saturated carbocycles. The smallest absolute Gasteiger partial charge is 0.407 e. The van der Waals surface area contributed by atoms with Crippen LogP contribution in [0.15, 0.2) is 0 Å². The van der Waals surface area contributed by atoms with Gasteiger partial charge in [-0.2, -0.15) is 0 Å². The molecule has 1 amide bonds. The Morgan fingerprint density at radius 2 is 2.06 bits per heavy atom. The summed E-state index contributed by atoms with van der Waals surface area (Å²) in [6.45, 7) is 1.94. The van der Waals surface area contributed by atoms with E-state index < -0.39 is 18.1 Å². The maximum atomic E-state index is 11.1. The van der Waals surface area contributed by atoms with Crippen molar-refractivity contribution in [1.82, 2.24) is 5.32 Å². The number of amides is 1. The topological polar surface area (TPSA) is 75.6 Å². The molecule has 0 heterocycles. The molecule has 5 heteroatoms. The second kappa shape index (κ2) is 6.35. The zero-order valence-corrected chi connectivity index (χ0v) is 9.57. The van der Waals surface area contributed by atoms with E-state index in [1.54, 1.807) is 6.92 Å². The van der Waals surface area contributed by atoms with E-state index in [9.17, 15) is 9.59 Å². The number of alkyl carbamates (subject to hydrolysis) is 1. The van der Waals surface area contributed by atoms with Crippen LogP contribution in [0.1, 0.15) is 39.0 Å². The van der Waals surface area contributed by atoms with Gasteiger partial charge in [0.2, 0.25) is 0 Å². The SMILES string of the molecule is CCOC(=O)N[C@H](CC1CCCC1)C(=O)O. The predicted molar refractivity (Wildman–Crippen MR) is 58.2 cm³/mol. The van der Waals surface area contributed by atoms with Crippen molar-refractivity contribution in [2.75, 3.05) is 6.61 Å². The molecule has 0 aromatic rings. The van der Waals surface area contributed by atoms with Crippen LogP contribution in [0.2, 0.25) is 0 Å². The van der Waals surface area contributed by atoms with E-state index in [1.807, 2.05) is 0 Å². The molecule has 5 nitrogen and oxygen atoms in total. The Labute approximate surface area is 95.2 Å². The molecule has 0 saturated heterocycles. The van der Waals surface area contributed by atoms with Crippen LogP contribution in [-0.4, -0.2) is 29.8 Å². The summed E-state index contributed by atoms with van der Waals surface area (Å²) in [5.41, 5.74) is 0. The van der Waals surface area contributed by atoms with Crippen LogP contribution < -0.4 is 5.32 Å². The summed E-state index contributed by atoms with van der Waals surface area (Å²) >= 11 is 0. The van der Waals surface area contributed by atoms with Crippen LogP contribution in [0.25, 0.3) is 0 Å². The highest BCUT2D eigenvalue weighted by Crippen LogP contribution is 2.28. The maximum Gasteiger partial charge on any atom is 0.407 e. The number of carboxylic acids is 1. The van der Waals surface area contributed by atoms with E-state index in [4.69, 9.17) is 5.11 Å². The van der Waals surface area contributed by atoms with Gasteiger partial charge in [-0.15, -0.1) is 0 Å². The number of carbonyl (C=O) groups is 2. The van der Waals surface area contributed by atoms with Crippen LogP contribution in [0.3, 0.4) is 0 Å². The van der Waals surface area contributed by atoms with E-state index in [1.165, 1.54) is 0 Å². The van der Waals surface area contributed by atoms with E-state index in [0.717, 1.165) is 25.7 Å². The molecule has 0 aromatic carbocycles. The Morgan fingerprint density at radius 1 is 1.44 bits per heavy atom. The van der Waals surface area contributed by atoms with Gasteiger partial charge in [0.1, 0.15) is 6.04 Å². The minimum Gasteiger partial charge on any atom is -0.480 e. The predicted octanol–water partition coefficient (Wildman–Crippen LogP) is 1.77. The van der Waals surface area contributed by atoms with Crippen molar-refractivity contribution < 1.29 is 19.4 Å². The lowest BCUT2D eigenvalue weighted by Crippen LogP contribution is -2.42. The molecule has 1 aliphatic rings. The second-order valence-corrected chi connectivity index (χ2v) is 4.14. The first-order chi connectivity index (χ1) is 7.63. The summed E-state index contributed by atoms with van der Waals surface area (Å²) in [6, 6.07) is -0.817. The standard InChI is InChI=1S/C11H19NO4/c1-2-16-11(15)12-9(10(13)14)7-8-5-3-4-6-8/h8-9H,2-7H2,1H3,(H,12,15)(H,13,14)/t9-/m1/s1. The first kappa shape index (κ1) is 12.8. The Balaban J connectivity index is 2.40. The minimum atomic E-state index is -0.986. The van der Waals surface area contributed by atoms with E-state index in [-0.39, 0.29) is 6.61 Å². The lowest BCUT2D eigenvalue weighted by molar-refractivity contribution is -0.139. The van der Waals surface area contributed by atoms with Gasteiger partial charge in [0, 0.05) is 0 Å². The first-order valence-electron chi connectivity index (χ1n) is 5.79. The Hall–Kier alpha value is -1.26. The second-order valence-electron chi connectivity index (χ2n) is 4.14. The highest BCUT2D eigenvalue weighted by molar-refractivity contribution is 5.79. The maximum absolute atomic E-state index is 11.1. The summed E-state index contributed by atoms with van der Waals surface area (Å²) in [5.74, 6) is -0.567. The number of hydrogen-bond donors (Lipinski definition) is 2. The lowest BCUT2D eigenvalue weighted by atomic mass is 9.98. The Morgan fingerprint density at radius 3 is 2.56 bits per heavy atom. The third-order valence-electron chi connectivity index (χ3n) is 2.91. The third-order valence-corrected chi connectivity index (χ3v) is 2.91. The number of carboxylic acid groups (broad SMARTS) is 1. The minimum absolute atomic E-state index is 0.252. The average molecular weight is 229 g/mol. The van der Waals surface area contributed by atoms with Gasteiger partial charge in [-0.1, -0.05) is 25.7 Å². The van der Waals surface area contributed by atoms with Crippen LogP contribution in [0, 0.1) is 5.92 Å². The Bertz CT molecular complexity index is 248. The summed E-state index contributed by atoms with van der Waals surface area (Å²) in [5, 5.41) is 11.4. The van der Waals surface area contributed by atoms with Crippen LogP contribution in [0.5, 0.6) is 0 Å². The van der Waals surface area contributed by atoms with Gasteiger partial charge in [0.15, 0.2) is 0 Å². The highest BCUT2D eigenvalue weighted by Gasteiger charge is 2.26. The van der Waals surface area contributed by atoms with E-state index >= 15 is 0 Å². The van der Waals surface area contributed by atoms with E-state index in [0.29, 0.717) is 12.3 Å². The van der Waals surface area contributed by atoms with Crippen molar-refractivity contribution in [2.24, 2.45) is 5.92 Å². The van der Waals surface area contributed by atoms with Crippen molar-refractivity contribution in [1.29, 1.82) is 0 Å². The molecule has 0 unspecified atom stereocenters. The molecule has 0 aliphatic heterocycles. The molecule has 0 radical (unpaired) electrons. The fourth-order valence-electron chi connectivity index (χ4n) is 2.12. The number of ether oxygens (including phenoxy) is 1. The van der Waals surface area contributed by atoms with Crippen molar-refractivity contribution in [2.45, 2.75) is 45.1 Å². The van der Waals surface area contributed by atoms with Gasteiger partial charge in [0.05, 0.1) is 6.61 Å². The quantitative estimate of drug-likeness (QED) is 0.753. The molecular formula is C11H19NO4. The zero-order chi connectivity index (χ0) is 12.0. The number of rotatable bonds is 5. The fourth-order valence-corrected chi connectivity index (χ4v) is 2.12. The fraction of sp³-hybridized carbons (Fsp3) is 0.818. The van der Waals surface area contributed by atoms with Gasteiger partial charge in [0.25, 0.3) is 0 Å². The Kier molecular flexibility index (Phi) is 5.08. The number of nitrogens with one attached hydrogen (secondary N) is 1. The molecule has 1 rings (SSSR count). The molecule has 16 heavy (non-hydrogen) atoms. The summed E-state index contributed by atoms with van der Waals surface area (Å²) < 4.78 is 4.67. The molecule has 0 bridgehead atoms. The number of hydrogen-bond acceptors (Lipinski definition) is 3. The summed E-state index contributed by atoms with van der Waals surface area (Å²) in [6.07, 6.45) is 4.32. The molecule has 0 aromatic heterocycles. The first-order valence-corrected chi connectivity index (χ1v) is 5.79. The number of carbonyl (C=O) groups excluding carboxylic acids is 1. The van der Waals surface area contributed by atoms with Crippen molar-refractivity contribution >= 4 is 12.1 Å². The molecule has 1 aliphatic carbocycles. The average Bonchev–Trinajstić information content (AvgIpc) is 2.69. The molecule has 92 valence electrons. The van der Waals surface area contributed by atoms with E-state index in [2.05, 4.69) is 10.1 Å². The normalized spacial score (nSPS) is 18.1. The summed E-state index contributed by atoms with van der Waals surface area (Å²) in [4.78, 5) is 22.1. The molecule has 2 N–H and O–H groups in total. The van der Waals surface area contributed by atoms with Gasteiger partial charge in [-0.25, -0.2) is 9.59 Å². The number of aliphatic carboxylic acids is 1. The molecular weight excluding hydrogens is 210 g/mol. The molecule has 1 atom stereocenters. The van der Waals surface area contributed by atoms with Crippen LogP contribution >= 0.6 is 0 Å². The van der Waals surface area contributed by atoms with Gasteiger partial charge >= 0.3 is 12.1 Å². The zero-order valence-electron chi connectivity index (χ0n) is 9.57. The van der Waals surface area contributed by atoms with Crippen molar-refractivity contribution in [3.05, 3.63) is 0 Å². The largest absolute Gasteiger partial charge is 0.480 e. The van der Waals surface area contributed by atoms with Gasteiger partial charge in [-0.05, 0) is 19.3 Å².